The zero-order valence-corrected chi connectivity index (χ0v) is 17.4. The molecule has 146 valence electrons. The Morgan fingerprint density at radius 1 is 0.500 bits per heavy atom. The predicted octanol–water partition coefficient (Wildman–Crippen LogP) is 8.74. The Hall–Kier alpha value is -3.08. The zero-order chi connectivity index (χ0) is 20.5. The van der Waals surface area contributed by atoms with Crippen molar-refractivity contribution in [2.75, 3.05) is 0 Å². The van der Waals surface area contributed by atoms with E-state index in [1.54, 1.807) is 46.9 Å². The summed E-state index contributed by atoms with van der Waals surface area (Å²) in [6, 6.07) is 21.7. The highest BCUT2D eigenvalue weighted by Gasteiger charge is 2.08. The van der Waals surface area contributed by atoms with Crippen LogP contribution < -0.4 is 0 Å². The number of thiophene rings is 2. The predicted molar refractivity (Wildman–Crippen MR) is 128 cm³/mol. The van der Waals surface area contributed by atoms with E-state index in [0.29, 0.717) is 0 Å². The van der Waals surface area contributed by atoms with Crippen LogP contribution in [-0.4, -0.2) is 0 Å². The molecule has 2 aromatic heterocycles. The second-order valence-corrected chi connectivity index (χ2v) is 9.14. The highest BCUT2D eigenvalue weighted by Crippen LogP contribution is 2.38. The first-order valence-electron chi connectivity index (χ1n) is 9.47. The van der Waals surface area contributed by atoms with Gasteiger partial charge in [0.2, 0.25) is 0 Å². The number of halogens is 2. The number of rotatable bonds is 4. The molecule has 0 fully saturated rings. The standard InChI is InChI=1S/C26H16F2S2/c27-21-9-1-17(2-10-21)5-13-23-15-19-7-8-20-16-24(30-26(20)25(19)29-23)14-6-18-3-11-22(28)12-4-18/h1-16H/b13-5+,14-6+. The average molecular weight is 431 g/mol. The van der Waals surface area contributed by atoms with Crippen molar-refractivity contribution >= 4 is 67.1 Å². The first-order valence-corrected chi connectivity index (χ1v) is 11.1. The number of hydrogen-bond donors (Lipinski definition) is 0. The van der Waals surface area contributed by atoms with E-state index in [-0.39, 0.29) is 11.6 Å². The molecule has 0 nitrogen and oxygen atoms in total. The van der Waals surface area contributed by atoms with Crippen LogP contribution in [0.2, 0.25) is 0 Å². The number of benzene rings is 3. The first-order chi connectivity index (χ1) is 14.6. The summed E-state index contributed by atoms with van der Waals surface area (Å²) in [7, 11) is 0. The lowest BCUT2D eigenvalue weighted by Gasteiger charge is -1.92. The Bertz CT molecular complexity index is 1280. The summed E-state index contributed by atoms with van der Waals surface area (Å²) in [4.78, 5) is 2.33. The van der Waals surface area contributed by atoms with Gasteiger partial charge in [0.1, 0.15) is 11.6 Å². The van der Waals surface area contributed by atoms with Gasteiger partial charge in [0, 0.05) is 9.75 Å². The minimum atomic E-state index is -0.224. The maximum Gasteiger partial charge on any atom is 0.123 e. The minimum absolute atomic E-state index is 0.224. The molecule has 5 aromatic rings. The third-order valence-electron chi connectivity index (χ3n) is 4.83. The third-order valence-corrected chi connectivity index (χ3v) is 7.22. The van der Waals surface area contributed by atoms with Gasteiger partial charge in [-0.3, -0.25) is 0 Å². The molecule has 4 heteroatoms. The van der Waals surface area contributed by atoms with E-state index in [1.807, 2.05) is 12.2 Å². The molecule has 0 aliphatic carbocycles. The fraction of sp³-hybridized carbons (Fsp3) is 0. The highest BCUT2D eigenvalue weighted by atomic mass is 32.1. The first kappa shape index (κ1) is 18.9. The lowest BCUT2D eigenvalue weighted by Crippen LogP contribution is -1.73. The lowest BCUT2D eigenvalue weighted by molar-refractivity contribution is 0.627. The Morgan fingerprint density at radius 2 is 0.900 bits per heavy atom. The summed E-state index contributed by atoms with van der Waals surface area (Å²) in [5, 5.41) is 2.45. The van der Waals surface area contributed by atoms with E-state index in [0.717, 1.165) is 11.1 Å². The van der Waals surface area contributed by atoms with Gasteiger partial charge in [-0.05, 0) is 70.4 Å². The summed E-state index contributed by atoms with van der Waals surface area (Å²) in [5.41, 5.74) is 1.95. The second kappa shape index (κ2) is 7.98. The van der Waals surface area contributed by atoms with E-state index < -0.39 is 0 Å². The molecule has 2 heterocycles. The summed E-state index contributed by atoms with van der Waals surface area (Å²) < 4.78 is 28.7. The molecule has 0 saturated heterocycles. The molecule has 0 N–H and O–H groups in total. The summed E-state index contributed by atoms with van der Waals surface area (Å²) in [6.07, 6.45) is 8.17. The Labute approximate surface area is 181 Å². The monoisotopic (exact) mass is 430 g/mol. The molecule has 0 spiro atoms. The minimum Gasteiger partial charge on any atom is -0.207 e. The molecule has 30 heavy (non-hydrogen) atoms. The highest BCUT2D eigenvalue weighted by molar-refractivity contribution is 7.28. The molecule has 0 atom stereocenters. The molecule has 0 amide bonds. The largest absolute Gasteiger partial charge is 0.207 e. The average Bonchev–Trinajstić information content (AvgIpc) is 3.36. The maximum absolute atomic E-state index is 13.1. The van der Waals surface area contributed by atoms with E-state index in [1.165, 1.54) is 54.2 Å². The number of fused-ring (bicyclic) bond motifs is 3. The smallest absolute Gasteiger partial charge is 0.123 e. The molecular weight excluding hydrogens is 414 g/mol. The molecule has 0 aliphatic heterocycles. The van der Waals surface area contributed by atoms with Crippen molar-refractivity contribution in [2.45, 2.75) is 0 Å². The zero-order valence-electron chi connectivity index (χ0n) is 15.8. The van der Waals surface area contributed by atoms with Crippen LogP contribution in [0.5, 0.6) is 0 Å². The van der Waals surface area contributed by atoms with Crippen LogP contribution in [-0.2, 0) is 0 Å². The van der Waals surface area contributed by atoms with Gasteiger partial charge >= 0.3 is 0 Å². The normalized spacial score (nSPS) is 12.1. The van der Waals surface area contributed by atoms with Gasteiger partial charge in [0.15, 0.2) is 0 Å². The van der Waals surface area contributed by atoms with Gasteiger partial charge in [-0.1, -0.05) is 48.6 Å². The van der Waals surface area contributed by atoms with E-state index >= 15 is 0 Å². The molecular formula is C26H16F2S2. The van der Waals surface area contributed by atoms with Crippen LogP contribution in [0.25, 0.3) is 44.5 Å². The molecule has 5 rings (SSSR count). The van der Waals surface area contributed by atoms with Crippen LogP contribution in [0.3, 0.4) is 0 Å². The van der Waals surface area contributed by atoms with Crippen molar-refractivity contribution in [1.82, 2.24) is 0 Å². The van der Waals surface area contributed by atoms with Gasteiger partial charge in [-0.25, -0.2) is 8.78 Å². The van der Waals surface area contributed by atoms with Gasteiger partial charge in [-0.2, -0.15) is 0 Å². The van der Waals surface area contributed by atoms with Crippen LogP contribution in [0, 0.1) is 11.6 Å². The molecule has 0 saturated carbocycles. The molecule has 0 unspecified atom stereocenters. The summed E-state index contributed by atoms with van der Waals surface area (Å²) >= 11 is 3.52. The Kier molecular flexibility index (Phi) is 5.03. The molecule has 0 bridgehead atoms. The SMILES string of the molecule is Fc1ccc(/C=C/c2cc3ccc4cc(/C=C/c5ccc(F)cc5)sc4c3s2)cc1. The van der Waals surface area contributed by atoms with Crippen molar-refractivity contribution < 1.29 is 8.78 Å². The van der Waals surface area contributed by atoms with E-state index in [2.05, 4.69) is 36.4 Å². The molecule has 0 radical (unpaired) electrons. The van der Waals surface area contributed by atoms with Crippen LogP contribution in [0.1, 0.15) is 20.9 Å². The summed E-state index contributed by atoms with van der Waals surface area (Å²) in [6.45, 7) is 0. The van der Waals surface area contributed by atoms with Gasteiger partial charge in [-0.15, -0.1) is 22.7 Å². The Balaban J connectivity index is 1.45. The topological polar surface area (TPSA) is 0 Å². The van der Waals surface area contributed by atoms with Crippen molar-refractivity contribution in [2.24, 2.45) is 0 Å². The Morgan fingerprint density at radius 3 is 1.30 bits per heavy atom. The quantitative estimate of drug-likeness (QED) is 0.267. The summed E-state index contributed by atoms with van der Waals surface area (Å²) in [5.74, 6) is -0.447. The van der Waals surface area contributed by atoms with Crippen LogP contribution in [0.4, 0.5) is 8.78 Å². The van der Waals surface area contributed by atoms with E-state index in [9.17, 15) is 8.78 Å². The lowest BCUT2D eigenvalue weighted by atomic mass is 10.1. The van der Waals surface area contributed by atoms with Crippen LogP contribution in [0.15, 0.2) is 72.8 Å². The van der Waals surface area contributed by atoms with Crippen LogP contribution >= 0.6 is 22.7 Å². The van der Waals surface area contributed by atoms with Crippen molar-refractivity contribution in [1.29, 1.82) is 0 Å². The van der Waals surface area contributed by atoms with Crippen molar-refractivity contribution in [3.05, 3.63) is 105 Å². The van der Waals surface area contributed by atoms with E-state index in [4.69, 9.17) is 0 Å². The van der Waals surface area contributed by atoms with Gasteiger partial charge in [0.25, 0.3) is 0 Å². The second-order valence-electron chi connectivity index (χ2n) is 6.97. The maximum atomic E-state index is 13.1. The fourth-order valence-electron chi connectivity index (χ4n) is 3.30. The molecule has 0 aliphatic rings. The van der Waals surface area contributed by atoms with Gasteiger partial charge in [0.05, 0.1) is 9.40 Å². The number of hydrogen-bond acceptors (Lipinski definition) is 2. The van der Waals surface area contributed by atoms with Gasteiger partial charge < -0.3 is 0 Å². The molecule has 3 aromatic carbocycles. The van der Waals surface area contributed by atoms with Crippen molar-refractivity contribution in [3.8, 4) is 0 Å². The third kappa shape index (κ3) is 3.97. The fourth-order valence-corrected chi connectivity index (χ4v) is 5.58. The van der Waals surface area contributed by atoms with Crippen molar-refractivity contribution in [3.63, 3.8) is 0 Å².